The molecule has 0 aromatic heterocycles. The Balaban J connectivity index is 2.39. The predicted molar refractivity (Wildman–Crippen MR) is 70.9 cm³/mol. The van der Waals surface area contributed by atoms with Crippen molar-refractivity contribution in [3.8, 4) is 5.75 Å². The molecule has 0 radical (unpaired) electrons. The lowest BCUT2D eigenvalue weighted by Crippen LogP contribution is -2.27. The van der Waals surface area contributed by atoms with Crippen LogP contribution in [0.5, 0.6) is 5.75 Å². The van der Waals surface area contributed by atoms with Gasteiger partial charge < -0.3 is 14.8 Å². The second-order valence-corrected chi connectivity index (χ2v) is 4.15. The van der Waals surface area contributed by atoms with Crippen LogP contribution in [0.2, 0.25) is 0 Å². The number of carbonyl (C=O) groups excluding carboxylic acids is 1. The van der Waals surface area contributed by atoms with Gasteiger partial charge in [0, 0.05) is 20.1 Å². The van der Waals surface area contributed by atoms with Crippen LogP contribution in [0.4, 0.5) is 0 Å². The quantitative estimate of drug-likeness (QED) is 0.750. The van der Waals surface area contributed by atoms with Crippen LogP contribution in [-0.2, 0) is 16.0 Å². The van der Waals surface area contributed by atoms with Crippen LogP contribution in [0, 0.1) is 6.92 Å². The van der Waals surface area contributed by atoms with E-state index >= 15 is 0 Å². The first-order chi connectivity index (χ1) is 8.67. The second kappa shape index (κ2) is 7.71. The molecule has 1 amide bonds. The number of methoxy groups -OCH3 is 2. The molecule has 0 aliphatic rings. The lowest BCUT2D eigenvalue weighted by Gasteiger charge is -2.08. The molecule has 0 heterocycles. The Hall–Kier alpha value is -1.55. The number of aryl methyl sites for hydroxylation is 2. The summed E-state index contributed by atoms with van der Waals surface area (Å²) in [5.74, 6) is 0.934. The number of carbonyl (C=O) groups is 1. The molecule has 0 spiro atoms. The molecule has 100 valence electrons. The number of benzene rings is 1. The Morgan fingerprint density at radius 2 is 2.11 bits per heavy atom. The Bertz CT molecular complexity index is 391. The van der Waals surface area contributed by atoms with Gasteiger partial charge in [-0.25, -0.2) is 0 Å². The summed E-state index contributed by atoms with van der Waals surface area (Å²) >= 11 is 0. The fourth-order valence-electron chi connectivity index (χ4n) is 1.73. The molecule has 0 fully saturated rings. The van der Waals surface area contributed by atoms with E-state index in [0.717, 1.165) is 23.3 Å². The van der Waals surface area contributed by atoms with E-state index in [-0.39, 0.29) is 5.91 Å². The van der Waals surface area contributed by atoms with Gasteiger partial charge in [-0.05, 0) is 30.5 Å². The highest BCUT2D eigenvalue weighted by atomic mass is 16.5. The topological polar surface area (TPSA) is 47.6 Å². The molecule has 1 aromatic carbocycles. The molecule has 1 N–H and O–H groups in total. The molecule has 4 heteroatoms. The van der Waals surface area contributed by atoms with Crippen LogP contribution in [0.1, 0.15) is 17.5 Å². The van der Waals surface area contributed by atoms with E-state index in [1.165, 1.54) is 0 Å². The summed E-state index contributed by atoms with van der Waals surface area (Å²) in [7, 11) is 3.28. The first-order valence-corrected chi connectivity index (χ1v) is 6.06. The minimum atomic E-state index is 0.0560. The fourth-order valence-corrected chi connectivity index (χ4v) is 1.73. The third kappa shape index (κ3) is 4.75. The number of amides is 1. The van der Waals surface area contributed by atoms with Gasteiger partial charge in [-0.15, -0.1) is 0 Å². The highest BCUT2D eigenvalue weighted by Crippen LogP contribution is 2.19. The summed E-state index contributed by atoms with van der Waals surface area (Å²) in [6, 6.07) is 5.99. The minimum Gasteiger partial charge on any atom is -0.496 e. The second-order valence-electron chi connectivity index (χ2n) is 4.15. The minimum absolute atomic E-state index is 0.0560. The lowest BCUT2D eigenvalue weighted by atomic mass is 10.1. The van der Waals surface area contributed by atoms with Crippen molar-refractivity contribution >= 4 is 5.91 Å². The monoisotopic (exact) mass is 251 g/mol. The smallest absolute Gasteiger partial charge is 0.220 e. The Morgan fingerprint density at radius 1 is 1.33 bits per heavy atom. The van der Waals surface area contributed by atoms with Crippen LogP contribution < -0.4 is 10.1 Å². The molecule has 18 heavy (non-hydrogen) atoms. The normalized spacial score (nSPS) is 10.2. The van der Waals surface area contributed by atoms with Gasteiger partial charge in [0.25, 0.3) is 0 Å². The summed E-state index contributed by atoms with van der Waals surface area (Å²) in [5, 5.41) is 2.80. The van der Waals surface area contributed by atoms with E-state index in [4.69, 9.17) is 9.47 Å². The van der Waals surface area contributed by atoms with Gasteiger partial charge in [-0.1, -0.05) is 12.1 Å². The van der Waals surface area contributed by atoms with E-state index in [1.54, 1.807) is 14.2 Å². The maximum atomic E-state index is 11.5. The molecule has 0 saturated heterocycles. The zero-order valence-electron chi connectivity index (χ0n) is 11.3. The molecule has 0 atom stereocenters. The average Bonchev–Trinajstić information content (AvgIpc) is 2.37. The van der Waals surface area contributed by atoms with Crippen LogP contribution in [0.15, 0.2) is 18.2 Å². The summed E-state index contributed by atoms with van der Waals surface area (Å²) in [6.07, 6.45) is 1.24. The number of rotatable bonds is 7. The molecular weight excluding hydrogens is 230 g/mol. The summed E-state index contributed by atoms with van der Waals surface area (Å²) in [6.45, 7) is 3.12. The Labute approximate surface area is 108 Å². The van der Waals surface area contributed by atoms with Crippen molar-refractivity contribution in [3.63, 3.8) is 0 Å². The Kier molecular flexibility index (Phi) is 6.22. The van der Waals surface area contributed by atoms with Gasteiger partial charge in [0.15, 0.2) is 0 Å². The lowest BCUT2D eigenvalue weighted by molar-refractivity contribution is -0.121. The SMILES string of the molecule is COCCNC(=O)CCc1ccc(OC)c(C)c1. The fraction of sp³-hybridized carbons (Fsp3) is 0.500. The molecule has 1 aromatic rings. The molecule has 0 unspecified atom stereocenters. The maximum absolute atomic E-state index is 11.5. The van der Waals surface area contributed by atoms with Crippen molar-refractivity contribution in [2.24, 2.45) is 0 Å². The third-order valence-corrected chi connectivity index (χ3v) is 2.73. The van der Waals surface area contributed by atoms with E-state index in [1.807, 2.05) is 19.1 Å². The van der Waals surface area contributed by atoms with Gasteiger partial charge in [-0.3, -0.25) is 4.79 Å². The van der Waals surface area contributed by atoms with E-state index in [2.05, 4.69) is 11.4 Å². The standard InChI is InChI=1S/C14H21NO3/c1-11-10-12(4-6-13(11)18-3)5-7-14(16)15-8-9-17-2/h4,6,10H,5,7-9H2,1-3H3,(H,15,16). The highest BCUT2D eigenvalue weighted by molar-refractivity contribution is 5.76. The summed E-state index contributed by atoms with van der Waals surface area (Å²) < 4.78 is 10.1. The van der Waals surface area contributed by atoms with Crippen molar-refractivity contribution in [3.05, 3.63) is 29.3 Å². The van der Waals surface area contributed by atoms with Crippen molar-refractivity contribution in [1.82, 2.24) is 5.32 Å². The summed E-state index contributed by atoms with van der Waals surface area (Å²) in [4.78, 5) is 11.5. The van der Waals surface area contributed by atoms with E-state index in [9.17, 15) is 4.79 Å². The number of ether oxygens (including phenoxy) is 2. The number of nitrogens with one attached hydrogen (secondary N) is 1. The largest absolute Gasteiger partial charge is 0.496 e. The number of hydrogen-bond donors (Lipinski definition) is 1. The highest BCUT2D eigenvalue weighted by Gasteiger charge is 2.04. The van der Waals surface area contributed by atoms with Crippen LogP contribution in [0.3, 0.4) is 0 Å². The van der Waals surface area contributed by atoms with Gasteiger partial charge in [0.1, 0.15) is 5.75 Å². The average molecular weight is 251 g/mol. The molecule has 1 rings (SSSR count). The van der Waals surface area contributed by atoms with Crippen molar-refractivity contribution in [2.75, 3.05) is 27.4 Å². The van der Waals surface area contributed by atoms with Crippen molar-refractivity contribution in [2.45, 2.75) is 19.8 Å². The van der Waals surface area contributed by atoms with Gasteiger partial charge in [-0.2, -0.15) is 0 Å². The van der Waals surface area contributed by atoms with Gasteiger partial charge >= 0.3 is 0 Å². The van der Waals surface area contributed by atoms with Gasteiger partial charge in [0.2, 0.25) is 5.91 Å². The van der Waals surface area contributed by atoms with Crippen molar-refractivity contribution < 1.29 is 14.3 Å². The maximum Gasteiger partial charge on any atom is 0.220 e. The van der Waals surface area contributed by atoms with E-state index in [0.29, 0.717) is 19.6 Å². The number of hydrogen-bond acceptors (Lipinski definition) is 3. The molecule has 0 aliphatic heterocycles. The Morgan fingerprint density at radius 3 is 2.72 bits per heavy atom. The molecule has 0 bridgehead atoms. The molecule has 0 saturated carbocycles. The van der Waals surface area contributed by atoms with Crippen molar-refractivity contribution in [1.29, 1.82) is 0 Å². The predicted octanol–water partition coefficient (Wildman–Crippen LogP) is 1.70. The molecule has 0 aliphatic carbocycles. The van der Waals surface area contributed by atoms with E-state index < -0.39 is 0 Å². The van der Waals surface area contributed by atoms with Gasteiger partial charge in [0.05, 0.1) is 13.7 Å². The zero-order valence-corrected chi connectivity index (χ0v) is 11.3. The zero-order chi connectivity index (χ0) is 13.4. The first kappa shape index (κ1) is 14.5. The van der Waals surface area contributed by atoms with Crippen LogP contribution in [-0.4, -0.2) is 33.3 Å². The first-order valence-electron chi connectivity index (χ1n) is 6.06. The summed E-state index contributed by atoms with van der Waals surface area (Å²) in [5.41, 5.74) is 2.24. The molecular formula is C14H21NO3. The molecule has 4 nitrogen and oxygen atoms in total. The van der Waals surface area contributed by atoms with Crippen LogP contribution >= 0.6 is 0 Å². The third-order valence-electron chi connectivity index (χ3n) is 2.73. The van der Waals surface area contributed by atoms with Crippen LogP contribution in [0.25, 0.3) is 0 Å².